The summed E-state index contributed by atoms with van der Waals surface area (Å²) >= 11 is 1.15. The Morgan fingerprint density at radius 1 is 1.17 bits per heavy atom. The van der Waals surface area contributed by atoms with E-state index < -0.39 is 14.9 Å². The average Bonchev–Trinajstić information content (AvgIpc) is 3.23. The summed E-state index contributed by atoms with van der Waals surface area (Å²) in [6.45, 7) is 3.52. The van der Waals surface area contributed by atoms with Gasteiger partial charge in [0, 0.05) is 39.7 Å². The predicted octanol–water partition coefficient (Wildman–Crippen LogP) is 4.62. The molecule has 4 rings (SSSR count). The molecule has 2 aromatic heterocycles. The second-order valence-corrected chi connectivity index (χ2v) is 9.03. The minimum atomic E-state index is -4.02. The number of nitro groups is 1. The average molecular weight is 428 g/mol. The van der Waals surface area contributed by atoms with E-state index in [0.717, 1.165) is 39.6 Å². The second kappa shape index (κ2) is 6.98. The predicted molar refractivity (Wildman–Crippen MR) is 113 cm³/mol. The van der Waals surface area contributed by atoms with Crippen LogP contribution in [-0.2, 0) is 10.0 Å². The summed E-state index contributed by atoms with van der Waals surface area (Å²) in [5, 5.41) is 14.0. The molecule has 29 heavy (non-hydrogen) atoms. The molecule has 0 spiro atoms. The van der Waals surface area contributed by atoms with Crippen molar-refractivity contribution in [2.75, 3.05) is 4.72 Å². The third kappa shape index (κ3) is 3.47. The van der Waals surface area contributed by atoms with Crippen LogP contribution in [0.4, 0.5) is 10.8 Å². The van der Waals surface area contributed by atoms with Gasteiger partial charge in [-0.2, -0.15) is 0 Å². The number of nitrogens with zero attached hydrogens (tertiary/aromatic N) is 2. The first-order chi connectivity index (χ1) is 13.8. The van der Waals surface area contributed by atoms with Crippen molar-refractivity contribution in [2.45, 2.75) is 18.7 Å². The third-order valence-corrected chi connectivity index (χ3v) is 6.92. The van der Waals surface area contributed by atoms with Crippen LogP contribution < -0.4 is 4.72 Å². The van der Waals surface area contributed by atoms with E-state index in [2.05, 4.69) is 14.7 Å². The van der Waals surface area contributed by atoms with Gasteiger partial charge in [-0.05, 0) is 25.5 Å². The van der Waals surface area contributed by atoms with E-state index in [1.807, 2.05) is 31.2 Å². The minimum Gasteiger partial charge on any atom is -0.358 e. The van der Waals surface area contributed by atoms with Crippen LogP contribution in [0.1, 0.15) is 11.3 Å². The molecule has 0 unspecified atom stereocenters. The van der Waals surface area contributed by atoms with Crippen molar-refractivity contribution in [3.8, 4) is 11.3 Å². The molecule has 8 nitrogen and oxygen atoms in total. The highest BCUT2D eigenvalue weighted by Crippen LogP contribution is 2.34. The van der Waals surface area contributed by atoms with Gasteiger partial charge in [0.1, 0.15) is 0 Å². The molecule has 4 aromatic rings. The fourth-order valence-electron chi connectivity index (χ4n) is 3.20. The lowest BCUT2D eigenvalue weighted by molar-refractivity contribution is -0.385. The van der Waals surface area contributed by atoms with E-state index in [-0.39, 0.29) is 15.7 Å². The Balaban J connectivity index is 1.70. The van der Waals surface area contributed by atoms with Crippen LogP contribution in [0.25, 0.3) is 22.2 Å². The number of rotatable bonds is 5. The summed E-state index contributed by atoms with van der Waals surface area (Å²) in [6, 6.07) is 11.5. The van der Waals surface area contributed by atoms with Crippen molar-refractivity contribution < 1.29 is 13.3 Å². The minimum absolute atomic E-state index is 0.147. The molecule has 148 valence electrons. The molecule has 10 heteroatoms. The highest BCUT2D eigenvalue weighted by atomic mass is 32.2. The lowest BCUT2D eigenvalue weighted by Crippen LogP contribution is -2.14. The largest absolute Gasteiger partial charge is 0.358 e. The van der Waals surface area contributed by atoms with E-state index >= 15 is 0 Å². The Kier molecular flexibility index (Phi) is 4.59. The number of benzene rings is 2. The fraction of sp³-hybridized carbons (Fsp3) is 0.105. The number of fused-ring (bicyclic) bond motifs is 1. The van der Waals surface area contributed by atoms with Gasteiger partial charge in [0.05, 0.1) is 15.5 Å². The maximum atomic E-state index is 12.8. The number of aromatic amines is 1. The summed E-state index contributed by atoms with van der Waals surface area (Å²) in [5.41, 5.74) is 3.59. The van der Waals surface area contributed by atoms with Crippen LogP contribution >= 0.6 is 11.3 Å². The summed E-state index contributed by atoms with van der Waals surface area (Å²) < 4.78 is 28.0. The number of para-hydroxylation sites is 1. The fourth-order valence-corrected chi connectivity index (χ4v) is 5.42. The summed E-state index contributed by atoms with van der Waals surface area (Å²) in [7, 11) is -4.02. The Labute approximate surface area is 170 Å². The van der Waals surface area contributed by atoms with E-state index in [9.17, 15) is 18.5 Å². The summed E-state index contributed by atoms with van der Waals surface area (Å²) in [6.07, 6.45) is 0. The first-order valence-electron chi connectivity index (χ1n) is 8.57. The first-order valence-corrected chi connectivity index (χ1v) is 10.9. The third-order valence-electron chi connectivity index (χ3n) is 4.55. The standard InChI is InChI=1S/C19H16N4O4S2/c1-11-7-8-13(23(24)25)9-17(11)29(26,27)22-19-21-16(10-28-19)18-12(2)20-15-6-4-3-5-14(15)18/h3-10,20H,1-2H3,(H,21,22). The van der Waals surface area contributed by atoms with Crippen LogP contribution in [0, 0.1) is 24.0 Å². The van der Waals surface area contributed by atoms with E-state index in [1.54, 1.807) is 12.3 Å². The first kappa shape index (κ1) is 19.1. The topological polar surface area (TPSA) is 118 Å². The Hall–Kier alpha value is -3.24. The molecule has 2 N–H and O–H groups in total. The van der Waals surface area contributed by atoms with E-state index in [4.69, 9.17) is 0 Å². The molecule has 0 amide bonds. The molecule has 0 aliphatic heterocycles. The van der Waals surface area contributed by atoms with Gasteiger partial charge in [-0.25, -0.2) is 13.4 Å². The molecule has 0 saturated carbocycles. The van der Waals surface area contributed by atoms with Gasteiger partial charge < -0.3 is 4.98 Å². The number of nitro benzene ring substituents is 1. The van der Waals surface area contributed by atoms with Crippen LogP contribution in [0.3, 0.4) is 0 Å². The van der Waals surface area contributed by atoms with Gasteiger partial charge in [-0.3, -0.25) is 14.8 Å². The number of sulfonamides is 1. The van der Waals surface area contributed by atoms with Crippen molar-refractivity contribution in [1.29, 1.82) is 0 Å². The highest BCUT2D eigenvalue weighted by molar-refractivity contribution is 7.93. The quantitative estimate of drug-likeness (QED) is 0.355. The van der Waals surface area contributed by atoms with E-state index in [1.165, 1.54) is 12.1 Å². The lowest BCUT2D eigenvalue weighted by atomic mass is 10.1. The monoisotopic (exact) mass is 428 g/mol. The Bertz CT molecular complexity index is 1360. The molecule has 0 aliphatic carbocycles. The number of nitrogens with one attached hydrogen (secondary N) is 2. The number of hydrogen-bond donors (Lipinski definition) is 2. The number of aryl methyl sites for hydroxylation is 2. The molecule has 0 fully saturated rings. The summed E-state index contributed by atoms with van der Waals surface area (Å²) in [5.74, 6) is 0. The molecular weight excluding hydrogens is 412 g/mol. The zero-order valence-electron chi connectivity index (χ0n) is 15.5. The molecule has 0 atom stereocenters. The van der Waals surface area contributed by atoms with Crippen molar-refractivity contribution in [3.05, 3.63) is 69.2 Å². The van der Waals surface area contributed by atoms with Gasteiger partial charge in [-0.1, -0.05) is 24.3 Å². The van der Waals surface area contributed by atoms with Crippen LogP contribution in [-0.4, -0.2) is 23.3 Å². The zero-order chi connectivity index (χ0) is 20.8. The molecule has 0 bridgehead atoms. The van der Waals surface area contributed by atoms with Gasteiger partial charge in [0.15, 0.2) is 5.13 Å². The molecule has 0 radical (unpaired) electrons. The van der Waals surface area contributed by atoms with Crippen molar-refractivity contribution in [3.63, 3.8) is 0 Å². The Morgan fingerprint density at radius 3 is 2.69 bits per heavy atom. The number of non-ortho nitro benzene ring substituents is 1. The molecule has 2 aromatic carbocycles. The van der Waals surface area contributed by atoms with Crippen molar-refractivity contribution in [1.82, 2.24) is 9.97 Å². The lowest BCUT2D eigenvalue weighted by Gasteiger charge is -2.08. The van der Waals surface area contributed by atoms with Gasteiger partial charge in [0.25, 0.3) is 15.7 Å². The maximum absolute atomic E-state index is 12.8. The van der Waals surface area contributed by atoms with E-state index in [0.29, 0.717) is 11.3 Å². The SMILES string of the molecule is Cc1ccc([N+](=O)[O-])cc1S(=O)(=O)Nc1nc(-c2c(C)[nH]c3ccccc23)cs1. The van der Waals surface area contributed by atoms with Gasteiger partial charge >= 0.3 is 0 Å². The van der Waals surface area contributed by atoms with Crippen molar-refractivity contribution >= 4 is 43.1 Å². The second-order valence-electron chi connectivity index (χ2n) is 6.52. The number of anilines is 1. The number of aromatic nitrogens is 2. The smallest absolute Gasteiger partial charge is 0.270 e. The van der Waals surface area contributed by atoms with Crippen LogP contribution in [0.2, 0.25) is 0 Å². The number of hydrogen-bond acceptors (Lipinski definition) is 6. The summed E-state index contributed by atoms with van der Waals surface area (Å²) in [4.78, 5) is 18.0. The molecular formula is C19H16N4O4S2. The highest BCUT2D eigenvalue weighted by Gasteiger charge is 2.22. The normalized spacial score (nSPS) is 11.7. The van der Waals surface area contributed by atoms with Crippen LogP contribution in [0.15, 0.2) is 52.7 Å². The van der Waals surface area contributed by atoms with Gasteiger partial charge in [0.2, 0.25) is 0 Å². The van der Waals surface area contributed by atoms with Crippen LogP contribution in [0.5, 0.6) is 0 Å². The molecule has 0 saturated heterocycles. The Morgan fingerprint density at radius 2 is 1.93 bits per heavy atom. The van der Waals surface area contributed by atoms with Gasteiger partial charge in [-0.15, -0.1) is 11.3 Å². The van der Waals surface area contributed by atoms with Crippen molar-refractivity contribution in [2.24, 2.45) is 0 Å². The number of thiazole rings is 1. The maximum Gasteiger partial charge on any atom is 0.270 e. The molecule has 0 aliphatic rings. The zero-order valence-corrected chi connectivity index (χ0v) is 17.1. The molecule has 2 heterocycles. The number of H-pyrrole nitrogens is 1.